The molecule has 1 unspecified atom stereocenters. The molecule has 3 aromatic rings. The zero-order valence-corrected chi connectivity index (χ0v) is 24.6. The zero-order valence-electron chi connectivity index (χ0n) is 24.6. The lowest BCUT2D eigenvalue weighted by molar-refractivity contribution is -0.137. The Balaban J connectivity index is 1.63. The Morgan fingerprint density at radius 3 is 2.10 bits per heavy atom. The summed E-state index contributed by atoms with van der Waals surface area (Å²) < 4.78 is 23.5. The lowest BCUT2D eigenvalue weighted by Crippen LogP contribution is -2.19. The average Bonchev–Trinajstić information content (AvgIpc) is 3.00. The molecule has 0 radical (unpaired) electrons. The van der Waals surface area contributed by atoms with Crippen LogP contribution in [0.5, 0.6) is 23.0 Å². The number of benzene rings is 3. The Morgan fingerprint density at radius 2 is 1.43 bits per heavy atom. The molecule has 0 aromatic heterocycles. The van der Waals surface area contributed by atoms with E-state index in [0.717, 1.165) is 37.0 Å². The number of rotatable bonds is 20. The van der Waals surface area contributed by atoms with Crippen LogP contribution in [0.25, 0.3) is 0 Å². The summed E-state index contributed by atoms with van der Waals surface area (Å²) >= 11 is 0. The van der Waals surface area contributed by atoms with Gasteiger partial charge in [0, 0.05) is 6.42 Å². The SMILES string of the molecule is COc1cc(C(=O)O)cc(OC)c1OC(CCCCC(=O)O)CCc1ccccc1OCCCCCc1ccccc1. The van der Waals surface area contributed by atoms with Crippen molar-refractivity contribution in [3.8, 4) is 23.0 Å². The maximum absolute atomic E-state index is 11.6. The molecule has 0 aliphatic heterocycles. The second-order valence-electron chi connectivity index (χ2n) is 10.2. The summed E-state index contributed by atoms with van der Waals surface area (Å²) in [5.41, 5.74) is 2.46. The Bertz CT molecular complexity index is 1230. The molecule has 0 aliphatic rings. The molecule has 0 bridgehead atoms. The van der Waals surface area contributed by atoms with Crippen LogP contribution in [-0.2, 0) is 17.6 Å². The second kappa shape index (κ2) is 17.6. The Labute approximate surface area is 248 Å². The van der Waals surface area contributed by atoms with E-state index in [9.17, 15) is 14.7 Å². The first kappa shape index (κ1) is 32.3. The van der Waals surface area contributed by atoms with Gasteiger partial charge < -0.3 is 29.2 Å². The summed E-state index contributed by atoms with van der Waals surface area (Å²) in [5.74, 6) is -0.224. The van der Waals surface area contributed by atoms with Crippen LogP contribution in [-0.4, -0.2) is 49.1 Å². The van der Waals surface area contributed by atoms with Crippen molar-refractivity contribution in [3.05, 3.63) is 83.4 Å². The lowest BCUT2D eigenvalue weighted by Gasteiger charge is -2.23. The number of hydrogen-bond acceptors (Lipinski definition) is 6. The number of hydrogen-bond donors (Lipinski definition) is 2. The van der Waals surface area contributed by atoms with E-state index in [1.807, 2.05) is 24.3 Å². The predicted molar refractivity (Wildman–Crippen MR) is 161 cm³/mol. The smallest absolute Gasteiger partial charge is 0.335 e. The number of unbranched alkanes of at least 4 members (excludes halogenated alkanes) is 3. The normalized spacial score (nSPS) is 11.5. The van der Waals surface area contributed by atoms with Gasteiger partial charge in [0.25, 0.3) is 0 Å². The van der Waals surface area contributed by atoms with Crippen molar-refractivity contribution in [2.24, 2.45) is 0 Å². The largest absolute Gasteiger partial charge is 0.493 e. The fourth-order valence-electron chi connectivity index (χ4n) is 4.80. The van der Waals surface area contributed by atoms with E-state index in [0.29, 0.717) is 44.5 Å². The Morgan fingerprint density at radius 1 is 0.738 bits per heavy atom. The van der Waals surface area contributed by atoms with Gasteiger partial charge in [-0.2, -0.15) is 0 Å². The van der Waals surface area contributed by atoms with Crippen molar-refractivity contribution >= 4 is 11.9 Å². The number of ether oxygens (including phenoxy) is 4. The van der Waals surface area contributed by atoms with Crippen LogP contribution in [0.15, 0.2) is 66.7 Å². The number of methoxy groups -OCH3 is 2. The maximum atomic E-state index is 11.6. The minimum Gasteiger partial charge on any atom is -0.493 e. The molecule has 226 valence electrons. The van der Waals surface area contributed by atoms with Crippen LogP contribution in [0, 0.1) is 0 Å². The minimum atomic E-state index is -1.10. The highest BCUT2D eigenvalue weighted by Crippen LogP contribution is 2.40. The molecule has 0 fully saturated rings. The number of para-hydroxylation sites is 1. The minimum absolute atomic E-state index is 0.0280. The predicted octanol–water partition coefficient (Wildman–Crippen LogP) is 7.22. The van der Waals surface area contributed by atoms with Crippen molar-refractivity contribution in [1.82, 2.24) is 0 Å². The second-order valence-corrected chi connectivity index (χ2v) is 10.2. The molecular weight excluding hydrogens is 536 g/mol. The maximum Gasteiger partial charge on any atom is 0.335 e. The number of aliphatic carboxylic acids is 1. The quantitative estimate of drug-likeness (QED) is 0.135. The highest BCUT2D eigenvalue weighted by molar-refractivity contribution is 5.89. The van der Waals surface area contributed by atoms with Gasteiger partial charge in [0.1, 0.15) is 5.75 Å². The third-order valence-electron chi connectivity index (χ3n) is 7.08. The van der Waals surface area contributed by atoms with E-state index in [-0.39, 0.29) is 29.6 Å². The Kier molecular flexibility index (Phi) is 13.5. The van der Waals surface area contributed by atoms with Crippen molar-refractivity contribution in [1.29, 1.82) is 0 Å². The standard InChI is InChI=1S/C34H42O8/c1-39-30-23-27(34(37)38)24-31(40-2)33(30)42-28(17-9-11-19-32(35)36)21-20-26-16-8-10-18-29(26)41-22-12-4-7-15-25-13-5-3-6-14-25/h3,5-6,8,10,13-14,16,18,23-24,28H,4,7,9,11-12,15,17,19-22H2,1-2H3,(H,35,36)(H,37,38). The van der Waals surface area contributed by atoms with Gasteiger partial charge >= 0.3 is 11.9 Å². The van der Waals surface area contributed by atoms with Crippen molar-refractivity contribution in [2.45, 2.75) is 70.3 Å². The summed E-state index contributed by atoms with van der Waals surface area (Å²) in [6, 6.07) is 21.3. The van der Waals surface area contributed by atoms with Crippen LogP contribution >= 0.6 is 0 Å². The van der Waals surface area contributed by atoms with Crippen LogP contribution in [0.1, 0.15) is 72.9 Å². The van der Waals surface area contributed by atoms with Gasteiger partial charge in [-0.15, -0.1) is 0 Å². The van der Waals surface area contributed by atoms with Gasteiger partial charge in [0.2, 0.25) is 5.75 Å². The van der Waals surface area contributed by atoms with Crippen molar-refractivity contribution in [3.63, 3.8) is 0 Å². The molecule has 2 N–H and O–H groups in total. The lowest BCUT2D eigenvalue weighted by atomic mass is 10.0. The van der Waals surface area contributed by atoms with Crippen LogP contribution in [0.4, 0.5) is 0 Å². The van der Waals surface area contributed by atoms with Crippen LogP contribution < -0.4 is 18.9 Å². The van der Waals surface area contributed by atoms with Gasteiger partial charge in [0.15, 0.2) is 11.5 Å². The Hall–Kier alpha value is -4.20. The van der Waals surface area contributed by atoms with Crippen LogP contribution in [0.3, 0.4) is 0 Å². The first-order valence-corrected chi connectivity index (χ1v) is 14.5. The monoisotopic (exact) mass is 578 g/mol. The van der Waals surface area contributed by atoms with E-state index in [1.54, 1.807) is 0 Å². The van der Waals surface area contributed by atoms with Crippen LogP contribution in [0.2, 0.25) is 0 Å². The zero-order chi connectivity index (χ0) is 30.2. The summed E-state index contributed by atoms with van der Waals surface area (Å²) in [7, 11) is 2.90. The number of carboxylic acids is 2. The molecule has 0 saturated heterocycles. The summed E-state index contributed by atoms with van der Waals surface area (Å²) in [5, 5.41) is 18.5. The van der Waals surface area contributed by atoms with Gasteiger partial charge in [-0.25, -0.2) is 4.79 Å². The van der Waals surface area contributed by atoms with E-state index in [1.165, 1.54) is 31.9 Å². The van der Waals surface area contributed by atoms with Gasteiger partial charge in [-0.1, -0.05) is 48.5 Å². The van der Waals surface area contributed by atoms with Gasteiger partial charge in [0.05, 0.1) is 32.5 Å². The summed E-state index contributed by atoms with van der Waals surface area (Å²) in [6.45, 7) is 0.644. The van der Waals surface area contributed by atoms with E-state index in [2.05, 4.69) is 30.3 Å². The fraction of sp³-hybridized carbons (Fsp3) is 0.412. The molecule has 8 heteroatoms. The van der Waals surface area contributed by atoms with Gasteiger partial charge in [-0.3, -0.25) is 4.79 Å². The number of aryl methyl sites for hydroxylation is 2. The molecule has 8 nitrogen and oxygen atoms in total. The first-order chi connectivity index (χ1) is 20.4. The summed E-state index contributed by atoms with van der Waals surface area (Å²) in [4.78, 5) is 22.6. The molecule has 42 heavy (non-hydrogen) atoms. The molecule has 0 aliphatic carbocycles. The molecule has 0 spiro atoms. The molecule has 1 atom stereocenters. The third-order valence-corrected chi connectivity index (χ3v) is 7.08. The topological polar surface area (TPSA) is 112 Å². The molecular formula is C34H42O8. The highest BCUT2D eigenvalue weighted by atomic mass is 16.5. The third kappa shape index (κ3) is 10.7. The highest BCUT2D eigenvalue weighted by Gasteiger charge is 2.22. The average molecular weight is 579 g/mol. The number of aromatic carboxylic acids is 1. The van der Waals surface area contributed by atoms with E-state index >= 15 is 0 Å². The fourth-order valence-corrected chi connectivity index (χ4v) is 4.80. The molecule has 0 amide bonds. The van der Waals surface area contributed by atoms with Crippen molar-refractivity contribution < 1.29 is 38.7 Å². The molecule has 0 heterocycles. The molecule has 3 rings (SSSR count). The summed E-state index contributed by atoms with van der Waals surface area (Å²) in [6.07, 6.45) is 7.19. The molecule has 3 aromatic carbocycles. The first-order valence-electron chi connectivity index (χ1n) is 14.5. The number of carbonyl (C=O) groups is 2. The van der Waals surface area contributed by atoms with E-state index in [4.69, 9.17) is 24.1 Å². The van der Waals surface area contributed by atoms with Crippen molar-refractivity contribution in [2.75, 3.05) is 20.8 Å². The van der Waals surface area contributed by atoms with Gasteiger partial charge in [-0.05, 0) is 87.1 Å². The molecule has 0 saturated carbocycles. The number of carboxylic acid groups (broad SMARTS) is 2. The van der Waals surface area contributed by atoms with E-state index < -0.39 is 11.9 Å².